The molecule has 148 valence electrons. The molecular formula is C19H16F8. The van der Waals surface area contributed by atoms with Crippen LogP contribution in [0, 0.1) is 46.5 Å². The van der Waals surface area contributed by atoms with Crippen LogP contribution in [-0.2, 0) is 0 Å². The Morgan fingerprint density at radius 1 is 0.519 bits per heavy atom. The summed E-state index contributed by atoms with van der Waals surface area (Å²) in [6, 6.07) is 0. The van der Waals surface area contributed by atoms with E-state index in [-0.39, 0.29) is 6.42 Å². The molecule has 0 N–H and O–H groups in total. The maximum atomic E-state index is 14.4. The lowest BCUT2D eigenvalue weighted by atomic mass is 9.91. The van der Waals surface area contributed by atoms with Gasteiger partial charge in [0, 0.05) is 11.1 Å². The van der Waals surface area contributed by atoms with Crippen LogP contribution in [0.1, 0.15) is 57.1 Å². The first-order valence-electron chi connectivity index (χ1n) is 8.19. The van der Waals surface area contributed by atoms with E-state index in [0.717, 1.165) is 0 Å². The number of rotatable bonds is 4. The first-order valence-corrected chi connectivity index (χ1v) is 8.19. The Hall–Kier alpha value is -2.12. The quantitative estimate of drug-likeness (QED) is 0.382. The van der Waals surface area contributed by atoms with E-state index in [0.29, 0.717) is 0 Å². The number of hydrogen-bond acceptors (Lipinski definition) is 0. The summed E-state index contributed by atoms with van der Waals surface area (Å²) in [5, 5.41) is 0. The molecular weight excluding hydrogens is 380 g/mol. The average Bonchev–Trinajstić information content (AvgIpc) is 2.61. The van der Waals surface area contributed by atoms with Gasteiger partial charge in [0.25, 0.3) is 0 Å². The monoisotopic (exact) mass is 396 g/mol. The van der Waals surface area contributed by atoms with Crippen molar-refractivity contribution in [2.75, 3.05) is 0 Å². The zero-order valence-corrected chi connectivity index (χ0v) is 14.9. The highest BCUT2D eigenvalue weighted by Crippen LogP contribution is 2.40. The van der Waals surface area contributed by atoms with E-state index in [1.165, 1.54) is 27.7 Å². The molecule has 0 aliphatic carbocycles. The minimum Gasteiger partial charge on any atom is -0.203 e. The summed E-state index contributed by atoms with van der Waals surface area (Å²) in [6.45, 7) is 5.27. The predicted octanol–water partition coefficient (Wildman–Crippen LogP) is 7.10. The molecule has 1 unspecified atom stereocenters. The summed E-state index contributed by atoms with van der Waals surface area (Å²) in [5.74, 6) is -18.0. The van der Waals surface area contributed by atoms with E-state index in [2.05, 4.69) is 0 Å². The van der Waals surface area contributed by atoms with E-state index in [1.54, 1.807) is 0 Å². The molecule has 2 aromatic carbocycles. The summed E-state index contributed by atoms with van der Waals surface area (Å²) in [6.07, 6.45) is 0.112. The van der Waals surface area contributed by atoms with E-state index in [1.807, 2.05) is 0 Å². The van der Waals surface area contributed by atoms with E-state index >= 15 is 0 Å². The summed E-state index contributed by atoms with van der Waals surface area (Å²) < 4.78 is 114. The zero-order valence-electron chi connectivity index (χ0n) is 14.9. The van der Waals surface area contributed by atoms with Crippen molar-refractivity contribution in [3.8, 4) is 11.1 Å². The normalized spacial score (nSPS) is 12.8. The van der Waals surface area contributed by atoms with Gasteiger partial charge in [-0.2, -0.15) is 0 Å². The number of hydrogen-bond donors (Lipinski definition) is 0. The maximum Gasteiger partial charge on any atom is 0.170 e. The van der Waals surface area contributed by atoms with Crippen LogP contribution in [0.4, 0.5) is 35.1 Å². The largest absolute Gasteiger partial charge is 0.203 e. The molecule has 0 radical (unpaired) electrons. The van der Waals surface area contributed by atoms with Crippen LogP contribution in [0.2, 0.25) is 0 Å². The summed E-state index contributed by atoms with van der Waals surface area (Å²) >= 11 is 0. The molecule has 0 saturated heterocycles. The fourth-order valence-electron chi connectivity index (χ4n) is 2.88. The van der Waals surface area contributed by atoms with Crippen LogP contribution in [0.25, 0.3) is 11.1 Å². The van der Waals surface area contributed by atoms with Crippen molar-refractivity contribution in [3.63, 3.8) is 0 Å². The number of halogens is 8. The van der Waals surface area contributed by atoms with Gasteiger partial charge in [0.2, 0.25) is 0 Å². The molecule has 2 rings (SSSR count). The Labute approximate surface area is 150 Å². The van der Waals surface area contributed by atoms with Crippen molar-refractivity contribution in [2.45, 2.75) is 46.0 Å². The SMILES string of the molecule is CCC(C)c1c(F)c(F)c(-c2c(F)c(F)c(C(C)C)c(F)c2F)c(F)c1F. The summed E-state index contributed by atoms with van der Waals surface area (Å²) in [4.78, 5) is 0. The Balaban J connectivity index is 2.97. The van der Waals surface area contributed by atoms with E-state index in [4.69, 9.17) is 0 Å². The molecule has 0 aliphatic rings. The van der Waals surface area contributed by atoms with Gasteiger partial charge >= 0.3 is 0 Å². The van der Waals surface area contributed by atoms with Crippen LogP contribution >= 0.6 is 0 Å². The standard InChI is InChI=1S/C19H16F8/c1-5-7(4)9-14(22)18(26)11(19(27)15(9)23)10-16(24)12(20)8(6(2)3)13(21)17(10)25/h6-7H,5H2,1-4H3. The molecule has 0 aliphatic heterocycles. The minimum atomic E-state index is -2.13. The molecule has 27 heavy (non-hydrogen) atoms. The third-order valence-electron chi connectivity index (χ3n) is 4.53. The molecule has 0 amide bonds. The van der Waals surface area contributed by atoms with Gasteiger partial charge in [-0.1, -0.05) is 27.7 Å². The van der Waals surface area contributed by atoms with E-state index < -0.39 is 80.6 Å². The molecule has 1 atom stereocenters. The molecule has 0 bridgehead atoms. The van der Waals surface area contributed by atoms with Crippen LogP contribution in [0.15, 0.2) is 0 Å². The fraction of sp³-hybridized carbons (Fsp3) is 0.368. The van der Waals surface area contributed by atoms with Gasteiger partial charge in [-0.05, 0) is 18.3 Å². The second-order valence-corrected chi connectivity index (χ2v) is 6.55. The fourth-order valence-corrected chi connectivity index (χ4v) is 2.88. The highest BCUT2D eigenvalue weighted by atomic mass is 19.2. The third kappa shape index (κ3) is 3.19. The second kappa shape index (κ2) is 7.48. The van der Waals surface area contributed by atoms with Crippen molar-refractivity contribution in [2.24, 2.45) is 0 Å². The van der Waals surface area contributed by atoms with Crippen molar-refractivity contribution >= 4 is 0 Å². The number of benzene rings is 2. The average molecular weight is 396 g/mol. The van der Waals surface area contributed by atoms with Gasteiger partial charge in [-0.3, -0.25) is 0 Å². The Morgan fingerprint density at radius 3 is 1.07 bits per heavy atom. The van der Waals surface area contributed by atoms with E-state index in [9.17, 15) is 35.1 Å². The topological polar surface area (TPSA) is 0 Å². The van der Waals surface area contributed by atoms with Gasteiger partial charge in [-0.15, -0.1) is 0 Å². The van der Waals surface area contributed by atoms with Crippen LogP contribution in [0.3, 0.4) is 0 Å². The first-order chi connectivity index (χ1) is 12.5. The Morgan fingerprint density at radius 2 is 0.815 bits per heavy atom. The molecule has 0 spiro atoms. The van der Waals surface area contributed by atoms with Gasteiger partial charge in [0.05, 0.1) is 11.1 Å². The zero-order chi connectivity index (χ0) is 20.8. The summed E-state index contributed by atoms with van der Waals surface area (Å²) in [7, 11) is 0. The molecule has 0 saturated carbocycles. The van der Waals surface area contributed by atoms with Gasteiger partial charge in [0.15, 0.2) is 46.5 Å². The lowest BCUT2D eigenvalue weighted by Crippen LogP contribution is -2.13. The lowest BCUT2D eigenvalue weighted by Gasteiger charge is -2.18. The predicted molar refractivity (Wildman–Crippen MR) is 84.3 cm³/mol. The Bertz CT molecular complexity index is 844. The van der Waals surface area contributed by atoms with Gasteiger partial charge < -0.3 is 0 Å². The highest BCUT2D eigenvalue weighted by molar-refractivity contribution is 5.68. The van der Waals surface area contributed by atoms with Crippen molar-refractivity contribution < 1.29 is 35.1 Å². The highest BCUT2D eigenvalue weighted by Gasteiger charge is 2.35. The second-order valence-electron chi connectivity index (χ2n) is 6.55. The molecule has 0 heterocycles. The summed E-state index contributed by atoms with van der Waals surface area (Å²) in [5.41, 5.74) is -5.60. The minimum absolute atomic E-state index is 0.112. The van der Waals surface area contributed by atoms with Crippen LogP contribution in [-0.4, -0.2) is 0 Å². The van der Waals surface area contributed by atoms with Gasteiger partial charge in [-0.25, -0.2) is 35.1 Å². The van der Waals surface area contributed by atoms with Crippen molar-refractivity contribution in [3.05, 3.63) is 57.7 Å². The lowest BCUT2D eigenvalue weighted by molar-refractivity contribution is 0.419. The maximum absolute atomic E-state index is 14.4. The van der Waals surface area contributed by atoms with Crippen molar-refractivity contribution in [1.82, 2.24) is 0 Å². The molecule has 0 aromatic heterocycles. The Kier molecular flexibility index (Phi) is 5.87. The van der Waals surface area contributed by atoms with Crippen LogP contribution in [0.5, 0.6) is 0 Å². The third-order valence-corrected chi connectivity index (χ3v) is 4.53. The van der Waals surface area contributed by atoms with Crippen LogP contribution < -0.4 is 0 Å². The molecule has 8 heteroatoms. The first kappa shape index (κ1) is 21.2. The van der Waals surface area contributed by atoms with Crippen molar-refractivity contribution in [1.29, 1.82) is 0 Å². The molecule has 2 aromatic rings. The molecule has 0 fully saturated rings. The van der Waals surface area contributed by atoms with Gasteiger partial charge in [0.1, 0.15) is 0 Å². The smallest absolute Gasteiger partial charge is 0.170 e. The molecule has 0 nitrogen and oxygen atoms in total.